The maximum Gasteiger partial charge on any atom is 0.291 e. The third-order valence-electron chi connectivity index (χ3n) is 4.94. The maximum absolute atomic E-state index is 13.9. The lowest BCUT2D eigenvalue weighted by atomic mass is 10.1. The number of nitrogens with one attached hydrogen (secondary N) is 1. The second-order valence-electron chi connectivity index (χ2n) is 6.68. The van der Waals surface area contributed by atoms with Gasteiger partial charge in [-0.15, -0.1) is 0 Å². The standard InChI is InChI=1S/C19H21FN4O3/c20-13-5-1-2-6-14(13)21-18(25)17-22-16(15-7-3-4-8-24(15)17)19(26)23-9-11-27-12-10-23/h1-2,5-6H,3-4,7-12H2,(H,21,25). The summed E-state index contributed by atoms with van der Waals surface area (Å²) < 4.78 is 21.0. The fourth-order valence-electron chi connectivity index (χ4n) is 3.54. The molecule has 27 heavy (non-hydrogen) atoms. The van der Waals surface area contributed by atoms with Gasteiger partial charge in [-0.25, -0.2) is 9.37 Å². The molecule has 2 amide bonds. The van der Waals surface area contributed by atoms with Crippen LogP contribution in [0.4, 0.5) is 10.1 Å². The average Bonchev–Trinajstić information content (AvgIpc) is 3.10. The van der Waals surface area contributed by atoms with Crippen LogP contribution in [-0.4, -0.2) is 52.6 Å². The number of nitrogens with zero attached hydrogens (tertiary/aromatic N) is 3. The van der Waals surface area contributed by atoms with E-state index in [1.165, 1.54) is 12.1 Å². The minimum Gasteiger partial charge on any atom is -0.378 e. The number of hydrogen-bond acceptors (Lipinski definition) is 4. The minimum absolute atomic E-state index is 0.0942. The molecule has 1 aromatic carbocycles. The summed E-state index contributed by atoms with van der Waals surface area (Å²) in [5.41, 5.74) is 1.21. The van der Waals surface area contributed by atoms with Crippen molar-refractivity contribution in [1.82, 2.24) is 14.5 Å². The number of ether oxygens (including phenoxy) is 1. The summed E-state index contributed by atoms with van der Waals surface area (Å²) in [6.45, 7) is 2.66. The lowest BCUT2D eigenvalue weighted by Gasteiger charge is -2.26. The first-order valence-corrected chi connectivity index (χ1v) is 9.17. The third-order valence-corrected chi connectivity index (χ3v) is 4.94. The third kappa shape index (κ3) is 3.44. The molecule has 0 spiro atoms. The molecule has 0 aliphatic carbocycles. The second kappa shape index (κ2) is 7.48. The Morgan fingerprint density at radius 2 is 1.89 bits per heavy atom. The van der Waals surface area contributed by atoms with Crippen LogP contribution in [-0.2, 0) is 17.7 Å². The Balaban J connectivity index is 1.65. The zero-order valence-corrected chi connectivity index (χ0v) is 14.9. The first-order chi connectivity index (χ1) is 13.1. The van der Waals surface area contributed by atoms with Crippen molar-refractivity contribution in [2.75, 3.05) is 31.6 Å². The lowest BCUT2D eigenvalue weighted by Crippen LogP contribution is -2.41. The first-order valence-electron chi connectivity index (χ1n) is 9.17. The summed E-state index contributed by atoms with van der Waals surface area (Å²) >= 11 is 0. The molecule has 8 heteroatoms. The molecular formula is C19H21FN4O3. The van der Waals surface area contributed by atoms with Crippen LogP contribution in [0.15, 0.2) is 24.3 Å². The summed E-state index contributed by atoms with van der Waals surface area (Å²) in [5.74, 6) is -1.04. The number of halogens is 1. The van der Waals surface area contributed by atoms with Gasteiger partial charge in [0, 0.05) is 19.6 Å². The molecule has 0 bridgehead atoms. The molecule has 2 aliphatic rings. The van der Waals surface area contributed by atoms with E-state index < -0.39 is 11.7 Å². The molecule has 1 fully saturated rings. The highest BCUT2D eigenvalue weighted by Gasteiger charge is 2.30. The molecule has 1 saturated heterocycles. The number of anilines is 1. The fraction of sp³-hybridized carbons (Fsp3) is 0.421. The van der Waals surface area contributed by atoms with Gasteiger partial charge in [-0.05, 0) is 31.4 Å². The Bertz CT molecular complexity index is 874. The molecule has 0 saturated carbocycles. The Kier molecular flexibility index (Phi) is 4.89. The molecule has 1 aromatic heterocycles. The van der Waals surface area contributed by atoms with Crippen molar-refractivity contribution in [2.45, 2.75) is 25.8 Å². The summed E-state index contributed by atoms with van der Waals surface area (Å²) in [4.78, 5) is 31.8. The van der Waals surface area contributed by atoms with Crippen LogP contribution in [0, 0.1) is 5.82 Å². The van der Waals surface area contributed by atoms with Gasteiger partial charge in [0.1, 0.15) is 11.5 Å². The Morgan fingerprint density at radius 1 is 1.11 bits per heavy atom. The van der Waals surface area contributed by atoms with Gasteiger partial charge in [0.2, 0.25) is 0 Å². The molecular weight excluding hydrogens is 351 g/mol. The summed E-state index contributed by atoms with van der Waals surface area (Å²) in [6.07, 6.45) is 2.56. The van der Waals surface area contributed by atoms with E-state index in [0.717, 1.165) is 18.5 Å². The van der Waals surface area contributed by atoms with Crippen molar-refractivity contribution < 1.29 is 18.7 Å². The Morgan fingerprint density at radius 3 is 2.67 bits per heavy atom. The Hall–Kier alpha value is -2.74. The van der Waals surface area contributed by atoms with Gasteiger partial charge in [-0.3, -0.25) is 9.59 Å². The topological polar surface area (TPSA) is 76.5 Å². The van der Waals surface area contributed by atoms with Gasteiger partial charge in [-0.2, -0.15) is 0 Å². The van der Waals surface area contributed by atoms with Gasteiger partial charge in [0.05, 0.1) is 24.6 Å². The van der Waals surface area contributed by atoms with Gasteiger partial charge >= 0.3 is 0 Å². The number of rotatable bonds is 3. The molecule has 2 aliphatic heterocycles. The molecule has 0 atom stereocenters. The van der Waals surface area contributed by atoms with E-state index in [1.54, 1.807) is 21.6 Å². The zero-order valence-electron chi connectivity index (χ0n) is 14.9. The van der Waals surface area contributed by atoms with E-state index in [4.69, 9.17) is 4.74 Å². The highest BCUT2D eigenvalue weighted by molar-refractivity contribution is 6.03. The number of benzene rings is 1. The molecule has 142 valence electrons. The molecule has 3 heterocycles. The van der Waals surface area contributed by atoms with E-state index in [-0.39, 0.29) is 17.4 Å². The van der Waals surface area contributed by atoms with E-state index >= 15 is 0 Å². The van der Waals surface area contributed by atoms with Gasteiger partial charge in [0.15, 0.2) is 5.82 Å². The maximum atomic E-state index is 13.9. The largest absolute Gasteiger partial charge is 0.378 e. The SMILES string of the molecule is O=C(Nc1ccccc1F)c1nc(C(=O)N2CCOCC2)c2n1CCCC2. The average molecular weight is 372 g/mol. The number of fused-ring (bicyclic) bond motifs is 1. The summed E-state index contributed by atoms with van der Waals surface area (Å²) in [5, 5.41) is 2.57. The van der Waals surface area contributed by atoms with E-state index in [2.05, 4.69) is 10.3 Å². The van der Waals surface area contributed by atoms with Gasteiger partial charge in [-0.1, -0.05) is 12.1 Å². The van der Waals surface area contributed by atoms with E-state index in [0.29, 0.717) is 45.0 Å². The fourth-order valence-corrected chi connectivity index (χ4v) is 3.54. The van der Waals surface area contributed by atoms with Crippen LogP contribution < -0.4 is 5.32 Å². The smallest absolute Gasteiger partial charge is 0.291 e. The van der Waals surface area contributed by atoms with Crippen molar-refractivity contribution in [3.8, 4) is 0 Å². The van der Waals surface area contributed by atoms with Gasteiger partial charge in [0.25, 0.3) is 11.8 Å². The van der Waals surface area contributed by atoms with Crippen LogP contribution >= 0.6 is 0 Å². The number of carbonyl (C=O) groups is 2. The second-order valence-corrected chi connectivity index (χ2v) is 6.68. The number of imidazole rings is 1. The number of carbonyl (C=O) groups excluding carboxylic acids is 2. The number of amides is 2. The molecule has 7 nitrogen and oxygen atoms in total. The first kappa shape index (κ1) is 17.7. The summed E-state index contributed by atoms with van der Waals surface area (Å²) in [6, 6.07) is 5.98. The van der Waals surface area contributed by atoms with E-state index in [9.17, 15) is 14.0 Å². The number of hydrogen-bond donors (Lipinski definition) is 1. The highest BCUT2D eigenvalue weighted by Crippen LogP contribution is 2.24. The molecule has 4 rings (SSSR count). The van der Waals surface area contributed by atoms with Crippen LogP contribution in [0.5, 0.6) is 0 Å². The lowest BCUT2D eigenvalue weighted by molar-refractivity contribution is 0.0298. The predicted octanol–water partition coefficient (Wildman–Crippen LogP) is 2.08. The van der Waals surface area contributed by atoms with Crippen molar-refractivity contribution in [3.05, 3.63) is 47.3 Å². The van der Waals surface area contributed by atoms with Crippen molar-refractivity contribution >= 4 is 17.5 Å². The van der Waals surface area contributed by atoms with Crippen molar-refractivity contribution in [1.29, 1.82) is 0 Å². The quantitative estimate of drug-likeness (QED) is 0.895. The van der Waals surface area contributed by atoms with Gasteiger partial charge < -0.3 is 19.5 Å². The number of aromatic nitrogens is 2. The van der Waals surface area contributed by atoms with Crippen molar-refractivity contribution in [3.63, 3.8) is 0 Å². The molecule has 2 aromatic rings. The van der Waals surface area contributed by atoms with Crippen LogP contribution in [0.2, 0.25) is 0 Å². The van der Waals surface area contributed by atoms with Crippen LogP contribution in [0.1, 0.15) is 39.6 Å². The zero-order chi connectivity index (χ0) is 18.8. The summed E-state index contributed by atoms with van der Waals surface area (Å²) in [7, 11) is 0. The molecule has 0 radical (unpaired) electrons. The normalized spacial score (nSPS) is 16.7. The molecule has 1 N–H and O–H groups in total. The number of para-hydroxylation sites is 1. The minimum atomic E-state index is -0.513. The van der Waals surface area contributed by atoms with E-state index in [1.807, 2.05) is 0 Å². The Labute approximate surface area is 156 Å². The van der Waals surface area contributed by atoms with Crippen molar-refractivity contribution in [2.24, 2.45) is 0 Å². The van der Waals surface area contributed by atoms with Crippen LogP contribution in [0.25, 0.3) is 0 Å². The van der Waals surface area contributed by atoms with Crippen LogP contribution in [0.3, 0.4) is 0 Å². The monoisotopic (exact) mass is 372 g/mol. The predicted molar refractivity (Wildman–Crippen MR) is 96.2 cm³/mol. The molecule has 0 unspecified atom stereocenters. The highest BCUT2D eigenvalue weighted by atomic mass is 19.1. The number of morpholine rings is 1.